The second kappa shape index (κ2) is 7.78. The van der Waals surface area contributed by atoms with Gasteiger partial charge in [0.2, 0.25) is 5.91 Å². The Hall–Kier alpha value is -1.34. The van der Waals surface area contributed by atoms with Crippen molar-refractivity contribution >= 4 is 33.4 Å². The van der Waals surface area contributed by atoms with Crippen LogP contribution in [0.25, 0.3) is 0 Å². The van der Waals surface area contributed by atoms with Crippen molar-refractivity contribution in [2.75, 3.05) is 6.54 Å². The van der Waals surface area contributed by atoms with Crippen molar-refractivity contribution in [3.63, 3.8) is 0 Å². The molecule has 1 amide bonds. The van der Waals surface area contributed by atoms with Crippen molar-refractivity contribution in [1.29, 1.82) is 0 Å². The summed E-state index contributed by atoms with van der Waals surface area (Å²) in [5.74, 6) is 0.0175. The largest absolute Gasteiger partial charge is 0.356 e. The molecule has 22 heavy (non-hydrogen) atoms. The number of hydrogen-bond acceptors (Lipinski definition) is 3. The van der Waals surface area contributed by atoms with Crippen molar-refractivity contribution in [1.82, 2.24) is 24.9 Å². The van der Waals surface area contributed by atoms with Crippen LogP contribution in [0.4, 0.5) is 0 Å². The van der Waals surface area contributed by atoms with E-state index in [9.17, 15) is 4.79 Å². The molecule has 0 aliphatic carbocycles. The van der Waals surface area contributed by atoms with Crippen LogP contribution in [0, 0.1) is 13.8 Å². The smallest absolute Gasteiger partial charge is 0.221 e. The summed E-state index contributed by atoms with van der Waals surface area (Å²) < 4.78 is 4.62. The lowest BCUT2D eigenvalue weighted by Gasteiger charge is -2.07. The molecule has 120 valence electrons. The number of nitrogens with one attached hydrogen (secondary N) is 1. The highest BCUT2D eigenvalue weighted by atomic mass is 79.9. The van der Waals surface area contributed by atoms with E-state index in [0.717, 1.165) is 28.8 Å². The maximum atomic E-state index is 11.8. The number of carbonyl (C=O) groups is 1. The van der Waals surface area contributed by atoms with Gasteiger partial charge in [-0.1, -0.05) is 11.6 Å². The highest BCUT2D eigenvalue weighted by Gasteiger charge is 2.07. The summed E-state index contributed by atoms with van der Waals surface area (Å²) in [7, 11) is 0. The monoisotopic (exact) mass is 387 g/mol. The number of aryl methyl sites for hydroxylation is 3. The van der Waals surface area contributed by atoms with Gasteiger partial charge in [0.1, 0.15) is 0 Å². The predicted molar refractivity (Wildman–Crippen MR) is 88.9 cm³/mol. The predicted octanol–water partition coefficient (Wildman–Crippen LogP) is 2.71. The number of amides is 1. The fourth-order valence-corrected chi connectivity index (χ4v) is 2.48. The third-order valence-corrected chi connectivity index (χ3v) is 4.52. The van der Waals surface area contributed by atoms with Gasteiger partial charge in [-0.3, -0.25) is 14.2 Å². The zero-order chi connectivity index (χ0) is 16.1. The molecule has 8 heteroatoms. The molecular formula is C14H19BrClN5O. The van der Waals surface area contributed by atoms with Gasteiger partial charge in [-0.05, 0) is 36.2 Å². The number of rotatable bonds is 7. The fraction of sp³-hybridized carbons (Fsp3) is 0.500. The minimum absolute atomic E-state index is 0.0175. The Morgan fingerprint density at radius 3 is 2.77 bits per heavy atom. The van der Waals surface area contributed by atoms with Gasteiger partial charge in [-0.25, -0.2) is 0 Å². The van der Waals surface area contributed by atoms with Crippen molar-refractivity contribution in [2.24, 2.45) is 0 Å². The molecule has 0 fully saturated rings. The second-order valence-electron chi connectivity index (χ2n) is 5.08. The highest BCUT2D eigenvalue weighted by molar-refractivity contribution is 9.10. The van der Waals surface area contributed by atoms with Gasteiger partial charge in [0.15, 0.2) is 0 Å². The summed E-state index contributed by atoms with van der Waals surface area (Å²) in [4.78, 5) is 11.8. The minimum Gasteiger partial charge on any atom is -0.356 e. The molecule has 0 radical (unpaired) electrons. The Kier molecular flexibility index (Phi) is 6.02. The molecule has 0 aliphatic rings. The van der Waals surface area contributed by atoms with Crippen molar-refractivity contribution in [2.45, 2.75) is 39.8 Å². The lowest BCUT2D eigenvalue weighted by molar-refractivity contribution is -0.121. The first-order valence-corrected chi connectivity index (χ1v) is 8.28. The van der Waals surface area contributed by atoms with Gasteiger partial charge < -0.3 is 5.32 Å². The molecule has 0 saturated heterocycles. The van der Waals surface area contributed by atoms with E-state index in [2.05, 4.69) is 31.4 Å². The summed E-state index contributed by atoms with van der Waals surface area (Å²) in [6.07, 6.45) is 4.78. The van der Waals surface area contributed by atoms with Gasteiger partial charge in [0, 0.05) is 25.7 Å². The lowest BCUT2D eigenvalue weighted by Crippen LogP contribution is -2.26. The van der Waals surface area contributed by atoms with Crippen molar-refractivity contribution in [3.8, 4) is 0 Å². The van der Waals surface area contributed by atoms with Crippen molar-refractivity contribution in [3.05, 3.63) is 33.3 Å². The van der Waals surface area contributed by atoms with E-state index < -0.39 is 0 Å². The van der Waals surface area contributed by atoms with E-state index in [-0.39, 0.29) is 5.91 Å². The lowest BCUT2D eigenvalue weighted by atomic mass is 10.3. The molecule has 1 N–H and O–H groups in total. The van der Waals surface area contributed by atoms with Gasteiger partial charge >= 0.3 is 0 Å². The summed E-state index contributed by atoms with van der Waals surface area (Å²) in [6.45, 7) is 5.79. The number of hydrogen-bond donors (Lipinski definition) is 1. The van der Waals surface area contributed by atoms with E-state index in [1.807, 2.05) is 24.7 Å². The maximum absolute atomic E-state index is 11.8. The quantitative estimate of drug-likeness (QED) is 0.742. The number of aromatic nitrogens is 4. The Morgan fingerprint density at radius 2 is 2.18 bits per heavy atom. The normalized spacial score (nSPS) is 10.9. The minimum atomic E-state index is 0.0175. The van der Waals surface area contributed by atoms with Crippen LogP contribution in [0.5, 0.6) is 0 Å². The molecule has 2 aromatic heterocycles. The Morgan fingerprint density at radius 1 is 1.41 bits per heavy atom. The first-order valence-electron chi connectivity index (χ1n) is 7.11. The zero-order valence-corrected chi connectivity index (χ0v) is 15.0. The third kappa shape index (κ3) is 4.58. The molecular weight excluding hydrogens is 370 g/mol. The Balaban J connectivity index is 1.64. The zero-order valence-electron chi connectivity index (χ0n) is 12.6. The van der Waals surface area contributed by atoms with E-state index in [1.165, 1.54) is 0 Å². The average molecular weight is 389 g/mol. The molecule has 0 aromatic carbocycles. The molecule has 2 aromatic rings. The fourth-order valence-electron chi connectivity index (χ4n) is 2.02. The van der Waals surface area contributed by atoms with Crippen LogP contribution in [-0.4, -0.2) is 32.0 Å². The summed E-state index contributed by atoms with van der Waals surface area (Å²) in [5.41, 5.74) is 1.85. The van der Waals surface area contributed by atoms with Gasteiger partial charge in [-0.15, -0.1) is 0 Å². The topological polar surface area (TPSA) is 64.7 Å². The molecule has 0 bridgehead atoms. The third-order valence-electron chi connectivity index (χ3n) is 3.37. The van der Waals surface area contributed by atoms with Crippen LogP contribution in [-0.2, 0) is 17.9 Å². The van der Waals surface area contributed by atoms with E-state index in [1.54, 1.807) is 10.9 Å². The first-order chi connectivity index (χ1) is 10.5. The summed E-state index contributed by atoms with van der Waals surface area (Å²) in [5, 5.41) is 12.0. The van der Waals surface area contributed by atoms with Gasteiger partial charge in [0.05, 0.1) is 33.6 Å². The van der Waals surface area contributed by atoms with Crippen LogP contribution in [0.3, 0.4) is 0 Å². The van der Waals surface area contributed by atoms with E-state index in [0.29, 0.717) is 24.5 Å². The summed E-state index contributed by atoms with van der Waals surface area (Å²) in [6, 6.07) is 0. The van der Waals surface area contributed by atoms with Crippen molar-refractivity contribution < 1.29 is 4.79 Å². The molecule has 0 spiro atoms. The molecule has 0 saturated carbocycles. The standard InChI is InChI=1S/C14H19BrClN5O/c1-10-12(15)9-20(19-10)6-3-5-17-14(22)4-7-21-11(2)13(16)8-18-21/h8-9H,3-7H2,1-2H3,(H,17,22). The maximum Gasteiger partial charge on any atom is 0.221 e. The van der Waals surface area contributed by atoms with Crippen LogP contribution in [0.1, 0.15) is 24.2 Å². The van der Waals surface area contributed by atoms with Crippen LogP contribution >= 0.6 is 27.5 Å². The molecule has 2 rings (SSSR count). The second-order valence-corrected chi connectivity index (χ2v) is 6.34. The van der Waals surface area contributed by atoms with E-state index in [4.69, 9.17) is 11.6 Å². The van der Waals surface area contributed by atoms with Crippen LogP contribution in [0.2, 0.25) is 5.02 Å². The number of carbonyl (C=O) groups excluding carboxylic acids is 1. The van der Waals surface area contributed by atoms with Crippen LogP contribution < -0.4 is 5.32 Å². The Labute approximate surface area is 143 Å². The SMILES string of the molecule is Cc1nn(CCCNC(=O)CCn2ncc(Cl)c2C)cc1Br. The average Bonchev–Trinajstić information content (AvgIpc) is 2.97. The molecule has 0 aliphatic heterocycles. The first kappa shape index (κ1) is 17.0. The van der Waals surface area contributed by atoms with Gasteiger partial charge in [-0.2, -0.15) is 10.2 Å². The van der Waals surface area contributed by atoms with Gasteiger partial charge in [0.25, 0.3) is 0 Å². The summed E-state index contributed by atoms with van der Waals surface area (Å²) >= 11 is 9.35. The number of nitrogens with zero attached hydrogens (tertiary/aromatic N) is 4. The molecule has 6 nitrogen and oxygen atoms in total. The van der Waals surface area contributed by atoms with Crippen LogP contribution in [0.15, 0.2) is 16.9 Å². The molecule has 0 unspecified atom stereocenters. The van der Waals surface area contributed by atoms with E-state index >= 15 is 0 Å². The molecule has 2 heterocycles. The number of halogens is 2. The highest BCUT2D eigenvalue weighted by Crippen LogP contribution is 2.14. The Bertz CT molecular complexity index is 632. The molecule has 0 atom stereocenters.